The molecule has 2 fully saturated rings. The number of aromatic nitrogens is 2. The van der Waals surface area contributed by atoms with Gasteiger partial charge < -0.3 is 10.2 Å². The third kappa shape index (κ3) is 2.24. The van der Waals surface area contributed by atoms with Crippen molar-refractivity contribution in [3.63, 3.8) is 0 Å². The Morgan fingerprint density at radius 1 is 1.29 bits per heavy atom. The highest BCUT2D eigenvalue weighted by molar-refractivity contribution is 6.29. The van der Waals surface area contributed by atoms with Gasteiger partial charge in [0.1, 0.15) is 11.0 Å². The van der Waals surface area contributed by atoms with E-state index in [9.17, 15) is 0 Å². The first-order chi connectivity index (χ1) is 8.22. The number of nitrogens with one attached hydrogen (secondary N) is 1. The molecule has 2 unspecified atom stereocenters. The van der Waals surface area contributed by atoms with Crippen LogP contribution in [0.4, 0.5) is 5.82 Å². The van der Waals surface area contributed by atoms with Crippen molar-refractivity contribution in [2.75, 3.05) is 11.9 Å². The summed E-state index contributed by atoms with van der Waals surface area (Å²) in [4.78, 5) is 10.7. The fourth-order valence-corrected chi connectivity index (χ4v) is 3.18. The van der Waals surface area contributed by atoms with Crippen LogP contribution in [-0.4, -0.2) is 35.1 Å². The molecule has 2 saturated heterocycles. The second-order valence-electron chi connectivity index (χ2n) is 5.07. The van der Waals surface area contributed by atoms with Gasteiger partial charge in [-0.15, -0.1) is 0 Å². The number of fused-ring (bicyclic) bond motifs is 2. The number of hydrogen-bond acceptors (Lipinski definition) is 4. The maximum absolute atomic E-state index is 5.88. The van der Waals surface area contributed by atoms with E-state index >= 15 is 0 Å². The molecular weight excluding hydrogens is 236 g/mol. The van der Waals surface area contributed by atoms with Crippen LogP contribution in [0.25, 0.3) is 0 Å². The maximum Gasteiger partial charge on any atom is 0.149 e. The van der Waals surface area contributed by atoms with Gasteiger partial charge in [-0.3, -0.25) is 4.98 Å². The van der Waals surface area contributed by atoms with Crippen LogP contribution in [0.3, 0.4) is 0 Å². The number of halogens is 1. The van der Waals surface area contributed by atoms with Gasteiger partial charge >= 0.3 is 0 Å². The molecule has 5 heteroatoms. The Morgan fingerprint density at radius 3 is 2.65 bits per heavy atom. The number of hydrogen-bond donors (Lipinski definition) is 1. The number of nitrogens with zero attached hydrogens (tertiary/aromatic N) is 3. The summed E-state index contributed by atoms with van der Waals surface area (Å²) in [6.45, 7) is 0. The fraction of sp³-hybridized carbons (Fsp3) is 0.667. The van der Waals surface area contributed by atoms with E-state index in [4.69, 9.17) is 11.6 Å². The molecule has 2 atom stereocenters. The normalized spacial score (nSPS) is 31.5. The zero-order valence-electron chi connectivity index (χ0n) is 9.93. The second kappa shape index (κ2) is 4.42. The fourth-order valence-electron chi connectivity index (χ4n) is 3.03. The summed E-state index contributed by atoms with van der Waals surface area (Å²) in [5.74, 6) is 0.879. The molecule has 92 valence electrons. The predicted molar refractivity (Wildman–Crippen MR) is 68.4 cm³/mol. The minimum atomic E-state index is 0.464. The summed E-state index contributed by atoms with van der Waals surface area (Å²) in [6, 6.07) is 1.93. The summed E-state index contributed by atoms with van der Waals surface area (Å²) in [7, 11) is 2.09. The van der Waals surface area contributed by atoms with E-state index in [1.165, 1.54) is 25.7 Å². The average Bonchev–Trinajstić information content (AvgIpc) is 2.67. The van der Waals surface area contributed by atoms with E-state index < -0.39 is 0 Å². The first kappa shape index (κ1) is 11.2. The molecule has 0 radical (unpaired) electrons. The van der Waals surface area contributed by atoms with Gasteiger partial charge in [-0.05, 0) is 25.7 Å². The van der Waals surface area contributed by atoms with Crippen LogP contribution in [0.1, 0.15) is 25.7 Å². The Kier molecular flexibility index (Phi) is 2.92. The lowest BCUT2D eigenvalue weighted by atomic mass is 9.99. The van der Waals surface area contributed by atoms with Gasteiger partial charge in [0.2, 0.25) is 0 Å². The maximum atomic E-state index is 5.88. The van der Waals surface area contributed by atoms with Crippen LogP contribution in [-0.2, 0) is 0 Å². The van der Waals surface area contributed by atoms with Gasteiger partial charge in [-0.2, -0.15) is 0 Å². The van der Waals surface area contributed by atoms with E-state index in [0.29, 0.717) is 23.3 Å². The summed E-state index contributed by atoms with van der Waals surface area (Å²) in [5.41, 5.74) is 0. The van der Waals surface area contributed by atoms with Crippen LogP contribution < -0.4 is 10.2 Å². The summed E-state index contributed by atoms with van der Waals surface area (Å²) >= 11 is 5.88. The second-order valence-corrected chi connectivity index (χ2v) is 5.46. The molecule has 1 aromatic heterocycles. The Balaban J connectivity index is 1.76. The lowest BCUT2D eigenvalue weighted by Gasteiger charge is -2.36. The van der Waals surface area contributed by atoms with Crippen molar-refractivity contribution in [1.29, 1.82) is 0 Å². The van der Waals surface area contributed by atoms with Gasteiger partial charge in [0, 0.05) is 25.2 Å². The number of rotatable bonds is 2. The van der Waals surface area contributed by atoms with Crippen molar-refractivity contribution >= 4 is 17.4 Å². The molecule has 0 spiro atoms. The molecule has 0 amide bonds. The monoisotopic (exact) mass is 252 g/mol. The molecule has 0 saturated carbocycles. The van der Waals surface area contributed by atoms with Gasteiger partial charge in [-0.25, -0.2) is 4.98 Å². The largest absolute Gasteiger partial charge is 0.355 e. The molecule has 4 nitrogen and oxygen atoms in total. The zero-order valence-corrected chi connectivity index (χ0v) is 10.7. The minimum absolute atomic E-state index is 0.464. The van der Waals surface area contributed by atoms with Crippen molar-refractivity contribution in [3.05, 3.63) is 17.5 Å². The average molecular weight is 253 g/mol. The Hall–Kier alpha value is -0.870. The lowest BCUT2D eigenvalue weighted by molar-refractivity contribution is 0.353. The molecule has 17 heavy (non-hydrogen) atoms. The molecule has 2 aliphatic rings. The molecule has 2 aliphatic heterocycles. The van der Waals surface area contributed by atoms with Gasteiger partial charge in [0.15, 0.2) is 0 Å². The van der Waals surface area contributed by atoms with Crippen LogP contribution >= 0.6 is 11.6 Å². The predicted octanol–water partition coefficient (Wildman–Crippen LogP) is 1.85. The number of piperidine rings is 1. The van der Waals surface area contributed by atoms with E-state index in [-0.39, 0.29) is 0 Å². The first-order valence-electron chi connectivity index (χ1n) is 6.19. The van der Waals surface area contributed by atoms with Crippen LogP contribution in [0.15, 0.2) is 12.4 Å². The van der Waals surface area contributed by atoms with E-state index in [1.807, 2.05) is 0 Å². The molecule has 2 bridgehead atoms. The van der Waals surface area contributed by atoms with E-state index in [2.05, 4.69) is 27.2 Å². The molecule has 3 heterocycles. The molecule has 1 aromatic rings. The Labute approximate surface area is 106 Å². The lowest BCUT2D eigenvalue weighted by Crippen LogP contribution is -2.47. The topological polar surface area (TPSA) is 41.1 Å². The smallest absolute Gasteiger partial charge is 0.149 e. The minimum Gasteiger partial charge on any atom is -0.355 e. The molecule has 0 aromatic carbocycles. The van der Waals surface area contributed by atoms with Gasteiger partial charge in [0.05, 0.1) is 12.4 Å². The number of anilines is 1. The zero-order chi connectivity index (χ0) is 11.8. The highest BCUT2D eigenvalue weighted by atomic mass is 35.5. The van der Waals surface area contributed by atoms with E-state index in [1.54, 1.807) is 12.4 Å². The Morgan fingerprint density at radius 2 is 2.00 bits per heavy atom. The third-order valence-electron chi connectivity index (χ3n) is 3.95. The van der Waals surface area contributed by atoms with Crippen molar-refractivity contribution in [1.82, 2.24) is 15.3 Å². The Bertz CT molecular complexity index is 399. The SMILES string of the molecule is CN(c1cncc(Cl)n1)C1CC2CCC(C1)N2. The standard InChI is InChI=1S/C12H17ClN4/c1-17(12-7-14-6-11(13)16-12)10-4-8-2-3-9(5-10)15-8/h6-10,15H,2-5H2,1H3. The first-order valence-corrected chi connectivity index (χ1v) is 6.56. The van der Waals surface area contributed by atoms with Crippen molar-refractivity contribution in [3.8, 4) is 0 Å². The third-order valence-corrected chi connectivity index (χ3v) is 4.13. The van der Waals surface area contributed by atoms with E-state index in [0.717, 1.165) is 5.82 Å². The van der Waals surface area contributed by atoms with Gasteiger partial charge in [-0.1, -0.05) is 11.6 Å². The van der Waals surface area contributed by atoms with Gasteiger partial charge in [0.25, 0.3) is 0 Å². The summed E-state index contributed by atoms with van der Waals surface area (Å²) < 4.78 is 0. The molecular formula is C12H17ClN4. The quantitative estimate of drug-likeness (QED) is 0.872. The highest BCUT2D eigenvalue weighted by Gasteiger charge is 2.35. The molecule has 3 rings (SSSR count). The van der Waals surface area contributed by atoms with Crippen molar-refractivity contribution in [2.45, 2.75) is 43.8 Å². The van der Waals surface area contributed by atoms with Crippen LogP contribution in [0.5, 0.6) is 0 Å². The molecule has 1 N–H and O–H groups in total. The van der Waals surface area contributed by atoms with Crippen molar-refractivity contribution < 1.29 is 0 Å². The summed E-state index contributed by atoms with van der Waals surface area (Å²) in [5, 5.41) is 4.11. The van der Waals surface area contributed by atoms with Crippen molar-refractivity contribution in [2.24, 2.45) is 0 Å². The summed E-state index contributed by atoms with van der Waals surface area (Å²) in [6.07, 6.45) is 8.38. The van der Waals surface area contributed by atoms with Crippen LogP contribution in [0, 0.1) is 0 Å². The van der Waals surface area contributed by atoms with Crippen LogP contribution in [0.2, 0.25) is 5.15 Å². The molecule has 0 aliphatic carbocycles. The highest BCUT2D eigenvalue weighted by Crippen LogP contribution is 2.30.